The maximum absolute atomic E-state index is 14.3. The van der Waals surface area contributed by atoms with E-state index < -0.39 is 29.7 Å². The Kier molecular flexibility index (Phi) is 8.97. The highest BCUT2D eigenvalue weighted by Crippen LogP contribution is 2.25. The number of imide groups is 1. The number of nitrogens with zero attached hydrogens (tertiary/aromatic N) is 2. The molecule has 0 saturated carbocycles. The molecular formula is C35H40N4O4. The molecule has 2 atom stereocenters. The fourth-order valence-corrected chi connectivity index (χ4v) is 5.69. The third-order valence-electron chi connectivity index (χ3n) is 7.85. The van der Waals surface area contributed by atoms with Crippen molar-refractivity contribution in [1.29, 1.82) is 0 Å². The molecule has 0 bridgehead atoms. The van der Waals surface area contributed by atoms with E-state index in [-0.39, 0.29) is 18.7 Å². The molecule has 1 aliphatic rings. The minimum atomic E-state index is -1.08. The van der Waals surface area contributed by atoms with Crippen LogP contribution in [0.3, 0.4) is 0 Å². The van der Waals surface area contributed by atoms with E-state index in [0.29, 0.717) is 25.9 Å². The van der Waals surface area contributed by atoms with Gasteiger partial charge in [0.15, 0.2) is 0 Å². The number of nitrogens with two attached hydrogens (primary N) is 1. The van der Waals surface area contributed by atoms with Gasteiger partial charge >= 0.3 is 6.09 Å². The molecule has 3 amide bonds. The second-order valence-electron chi connectivity index (χ2n) is 12.2. The average Bonchev–Trinajstić information content (AvgIpc) is 3.40. The lowest BCUT2D eigenvalue weighted by molar-refractivity contribution is -0.146. The van der Waals surface area contributed by atoms with Gasteiger partial charge < -0.3 is 20.4 Å². The van der Waals surface area contributed by atoms with Crippen molar-refractivity contribution in [3.8, 4) is 0 Å². The van der Waals surface area contributed by atoms with E-state index in [0.717, 1.165) is 32.5 Å². The summed E-state index contributed by atoms with van der Waals surface area (Å²) in [5, 5.41) is 0.957. The summed E-state index contributed by atoms with van der Waals surface area (Å²) in [5.41, 5.74) is 10.7. The van der Waals surface area contributed by atoms with Gasteiger partial charge in [0.2, 0.25) is 11.8 Å². The topological polar surface area (TPSA) is 109 Å². The summed E-state index contributed by atoms with van der Waals surface area (Å²) in [7, 11) is 0. The van der Waals surface area contributed by atoms with E-state index in [9.17, 15) is 14.4 Å². The van der Waals surface area contributed by atoms with E-state index >= 15 is 0 Å². The summed E-state index contributed by atoms with van der Waals surface area (Å²) in [6.07, 6.45) is 2.60. The van der Waals surface area contributed by atoms with Crippen LogP contribution in [0, 0.1) is 0 Å². The van der Waals surface area contributed by atoms with Crippen molar-refractivity contribution in [2.75, 3.05) is 6.54 Å². The number of hydrogen-bond acceptors (Lipinski definition) is 5. The molecule has 1 aliphatic heterocycles. The standard InChI is InChI=1S/C35H40N4O4/c1-35(2,3)43-34(42)39(32(40)29(36)21-27-22-37-30-16-10-9-15-28(27)30)31(18-17-24-11-5-4-6-12-24)33(41)38-20-19-25-13-7-8-14-26(25)23-38/h4-16,22,29,31,37H,17-21,23,36H2,1-3H3/t29-,31+/m0/s1. The van der Waals surface area contributed by atoms with Crippen LogP contribution in [0.1, 0.15) is 49.4 Å². The van der Waals surface area contributed by atoms with E-state index in [2.05, 4.69) is 11.1 Å². The molecular weight excluding hydrogens is 540 g/mol. The van der Waals surface area contributed by atoms with E-state index in [1.165, 1.54) is 5.56 Å². The lowest BCUT2D eigenvalue weighted by Gasteiger charge is -2.37. The number of carbonyl (C=O) groups excluding carboxylic acids is 3. The van der Waals surface area contributed by atoms with Gasteiger partial charge in [0.1, 0.15) is 11.6 Å². The van der Waals surface area contributed by atoms with Crippen molar-refractivity contribution in [1.82, 2.24) is 14.8 Å². The van der Waals surface area contributed by atoms with Gasteiger partial charge in [-0.3, -0.25) is 9.59 Å². The maximum Gasteiger partial charge on any atom is 0.417 e. The van der Waals surface area contributed by atoms with Crippen LogP contribution in [0.2, 0.25) is 0 Å². The first-order chi connectivity index (χ1) is 20.6. The zero-order chi connectivity index (χ0) is 30.6. The summed E-state index contributed by atoms with van der Waals surface area (Å²) in [4.78, 5) is 48.3. The van der Waals surface area contributed by atoms with Crippen LogP contribution in [0.15, 0.2) is 85.1 Å². The first-order valence-electron chi connectivity index (χ1n) is 14.9. The monoisotopic (exact) mass is 580 g/mol. The first kappa shape index (κ1) is 30.0. The van der Waals surface area contributed by atoms with Gasteiger partial charge in [-0.25, -0.2) is 9.69 Å². The first-order valence-corrected chi connectivity index (χ1v) is 14.9. The van der Waals surface area contributed by atoms with Crippen molar-refractivity contribution in [2.24, 2.45) is 5.73 Å². The van der Waals surface area contributed by atoms with Crippen LogP contribution in [-0.2, 0) is 40.1 Å². The highest BCUT2D eigenvalue weighted by atomic mass is 16.6. The van der Waals surface area contributed by atoms with Crippen molar-refractivity contribution in [3.63, 3.8) is 0 Å². The predicted molar refractivity (Wildman–Crippen MR) is 167 cm³/mol. The highest BCUT2D eigenvalue weighted by Gasteiger charge is 2.41. The minimum absolute atomic E-state index is 0.193. The van der Waals surface area contributed by atoms with Gasteiger partial charge in [-0.05, 0) is 74.8 Å². The number of nitrogens with one attached hydrogen (secondary N) is 1. The SMILES string of the molecule is CC(C)(C)OC(=O)N(C(=O)[C@@H](N)Cc1c[nH]c2ccccc12)[C@H](CCc1ccccc1)C(=O)N1CCc2ccccc2C1. The van der Waals surface area contributed by atoms with Crippen LogP contribution in [-0.4, -0.2) is 56.9 Å². The van der Waals surface area contributed by atoms with Gasteiger partial charge in [-0.1, -0.05) is 72.8 Å². The molecule has 2 heterocycles. The number of aryl methyl sites for hydroxylation is 1. The summed E-state index contributed by atoms with van der Waals surface area (Å²) in [6, 6.07) is 23.4. The Morgan fingerprint density at radius 3 is 2.37 bits per heavy atom. The molecule has 0 spiro atoms. The van der Waals surface area contributed by atoms with E-state index in [1.54, 1.807) is 25.7 Å². The van der Waals surface area contributed by atoms with Crippen molar-refractivity contribution >= 4 is 28.8 Å². The van der Waals surface area contributed by atoms with E-state index in [1.807, 2.05) is 79.0 Å². The van der Waals surface area contributed by atoms with Crippen molar-refractivity contribution in [2.45, 2.75) is 70.7 Å². The number of amides is 3. The number of H-pyrrole nitrogens is 1. The number of hydrogen-bond donors (Lipinski definition) is 2. The molecule has 3 aromatic carbocycles. The molecule has 224 valence electrons. The van der Waals surface area contributed by atoms with Crippen LogP contribution >= 0.6 is 0 Å². The number of aromatic nitrogens is 1. The summed E-state index contributed by atoms with van der Waals surface area (Å²) in [6.45, 7) is 6.12. The number of benzene rings is 3. The molecule has 5 rings (SSSR count). The average molecular weight is 581 g/mol. The number of aromatic amines is 1. The van der Waals surface area contributed by atoms with Gasteiger partial charge in [0, 0.05) is 30.2 Å². The molecule has 43 heavy (non-hydrogen) atoms. The number of carbonyl (C=O) groups is 3. The molecule has 0 aliphatic carbocycles. The Bertz CT molecular complexity index is 1590. The smallest absolute Gasteiger partial charge is 0.417 e. The molecule has 0 saturated heterocycles. The summed E-state index contributed by atoms with van der Waals surface area (Å²) in [5.74, 6) is -0.924. The van der Waals surface area contributed by atoms with Gasteiger partial charge in [-0.15, -0.1) is 0 Å². The summed E-state index contributed by atoms with van der Waals surface area (Å²) < 4.78 is 5.74. The van der Waals surface area contributed by atoms with Crippen molar-refractivity contribution < 1.29 is 19.1 Å². The fourth-order valence-electron chi connectivity index (χ4n) is 5.69. The number of ether oxygens (including phenoxy) is 1. The van der Waals surface area contributed by atoms with Gasteiger partial charge in [0.05, 0.1) is 6.04 Å². The Hall–Kier alpha value is -4.43. The summed E-state index contributed by atoms with van der Waals surface area (Å²) >= 11 is 0. The normalized spacial score (nSPS) is 14.6. The molecule has 8 nitrogen and oxygen atoms in total. The van der Waals surface area contributed by atoms with Crippen LogP contribution in [0.25, 0.3) is 10.9 Å². The van der Waals surface area contributed by atoms with Crippen molar-refractivity contribution in [3.05, 3.63) is 107 Å². The molecule has 0 fully saturated rings. The molecule has 0 unspecified atom stereocenters. The lowest BCUT2D eigenvalue weighted by atomic mass is 9.97. The molecule has 8 heteroatoms. The quantitative estimate of drug-likeness (QED) is 0.291. The molecule has 0 radical (unpaired) electrons. The number of rotatable bonds is 8. The highest BCUT2D eigenvalue weighted by molar-refractivity contribution is 6.00. The van der Waals surface area contributed by atoms with Crippen LogP contribution in [0.5, 0.6) is 0 Å². The largest absolute Gasteiger partial charge is 0.443 e. The third kappa shape index (κ3) is 7.14. The third-order valence-corrected chi connectivity index (χ3v) is 7.85. The number of para-hydroxylation sites is 1. The second-order valence-corrected chi connectivity index (χ2v) is 12.2. The molecule has 3 N–H and O–H groups in total. The lowest BCUT2D eigenvalue weighted by Crippen LogP contribution is -2.58. The Labute approximate surface area is 252 Å². The number of fused-ring (bicyclic) bond motifs is 2. The molecule has 1 aromatic heterocycles. The van der Waals surface area contributed by atoms with Crippen LogP contribution in [0.4, 0.5) is 4.79 Å². The Balaban J connectivity index is 1.47. The maximum atomic E-state index is 14.3. The van der Waals surface area contributed by atoms with Gasteiger partial charge in [-0.2, -0.15) is 0 Å². The zero-order valence-corrected chi connectivity index (χ0v) is 25.1. The Morgan fingerprint density at radius 1 is 0.953 bits per heavy atom. The van der Waals surface area contributed by atoms with E-state index in [4.69, 9.17) is 10.5 Å². The minimum Gasteiger partial charge on any atom is -0.443 e. The molecule has 4 aromatic rings. The predicted octanol–water partition coefficient (Wildman–Crippen LogP) is 5.39. The fraction of sp³-hybridized carbons (Fsp3) is 0.343. The zero-order valence-electron chi connectivity index (χ0n) is 25.1. The van der Waals surface area contributed by atoms with Gasteiger partial charge in [0.25, 0.3) is 0 Å². The van der Waals surface area contributed by atoms with Crippen LogP contribution < -0.4 is 5.73 Å². The second kappa shape index (κ2) is 12.8. The Morgan fingerprint density at radius 2 is 1.63 bits per heavy atom.